The zero-order valence-corrected chi connectivity index (χ0v) is 11.2. The molecule has 106 valence electrons. The summed E-state index contributed by atoms with van der Waals surface area (Å²) in [6.07, 6.45) is -1.62. The number of aromatic nitrogens is 2. The molecule has 0 saturated heterocycles. The van der Waals surface area contributed by atoms with Crippen LogP contribution in [0.25, 0.3) is 10.9 Å². The highest BCUT2D eigenvalue weighted by Crippen LogP contribution is 2.24. The van der Waals surface area contributed by atoms with Crippen molar-refractivity contribution in [3.8, 4) is 0 Å². The molecule has 0 spiro atoms. The van der Waals surface area contributed by atoms with E-state index in [1.165, 1.54) is 0 Å². The molecule has 5 heteroatoms. The maximum atomic E-state index is 11.0. The third-order valence-corrected chi connectivity index (χ3v) is 3.35. The number of carboxylic acids is 1. The number of fused-ring (bicyclic) bond motifs is 1. The predicted octanol–water partition coefficient (Wildman–Crippen LogP) is 2.20. The first kappa shape index (κ1) is 13.3. The summed E-state index contributed by atoms with van der Waals surface area (Å²) in [4.78, 5) is 11.0. The van der Waals surface area contributed by atoms with E-state index in [0.717, 1.165) is 11.1 Å². The summed E-state index contributed by atoms with van der Waals surface area (Å²) in [6.45, 7) is 0.522. The minimum atomic E-state index is -1.62. The normalized spacial score (nSPS) is 12.4. The van der Waals surface area contributed by atoms with Crippen LogP contribution < -0.4 is 0 Å². The Morgan fingerprint density at radius 3 is 2.48 bits per heavy atom. The van der Waals surface area contributed by atoms with Crippen molar-refractivity contribution >= 4 is 16.9 Å². The SMILES string of the molecule is O=C(O)C(O)c1nn(Cc2ccccc2)c2ccccc12. The molecular weight excluding hydrogens is 268 g/mol. The number of benzene rings is 2. The van der Waals surface area contributed by atoms with Crippen LogP contribution in [0.5, 0.6) is 0 Å². The minimum Gasteiger partial charge on any atom is -0.479 e. The lowest BCUT2D eigenvalue weighted by atomic mass is 10.1. The van der Waals surface area contributed by atoms with E-state index in [4.69, 9.17) is 5.11 Å². The molecule has 0 bridgehead atoms. The van der Waals surface area contributed by atoms with Crippen molar-refractivity contribution in [2.24, 2.45) is 0 Å². The van der Waals surface area contributed by atoms with E-state index < -0.39 is 12.1 Å². The Morgan fingerprint density at radius 1 is 1.10 bits per heavy atom. The molecule has 2 N–H and O–H groups in total. The number of hydrogen-bond donors (Lipinski definition) is 2. The zero-order chi connectivity index (χ0) is 14.8. The van der Waals surface area contributed by atoms with Gasteiger partial charge in [-0.2, -0.15) is 5.10 Å². The second-order valence-electron chi connectivity index (χ2n) is 4.79. The van der Waals surface area contributed by atoms with Crippen molar-refractivity contribution in [3.63, 3.8) is 0 Å². The third-order valence-electron chi connectivity index (χ3n) is 3.35. The van der Waals surface area contributed by atoms with Crippen molar-refractivity contribution in [1.29, 1.82) is 0 Å². The van der Waals surface area contributed by atoms with Crippen molar-refractivity contribution in [3.05, 3.63) is 65.9 Å². The highest BCUT2D eigenvalue weighted by atomic mass is 16.4. The molecule has 0 fully saturated rings. The highest BCUT2D eigenvalue weighted by molar-refractivity contribution is 5.87. The van der Waals surface area contributed by atoms with Gasteiger partial charge >= 0.3 is 5.97 Å². The zero-order valence-electron chi connectivity index (χ0n) is 11.2. The van der Waals surface area contributed by atoms with Gasteiger partial charge in [0.15, 0.2) is 6.10 Å². The highest BCUT2D eigenvalue weighted by Gasteiger charge is 2.23. The number of aliphatic hydroxyl groups excluding tert-OH is 1. The molecule has 0 aliphatic heterocycles. The van der Waals surface area contributed by atoms with Crippen molar-refractivity contribution in [2.75, 3.05) is 0 Å². The van der Waals surface area contributed by atoms with Gasteiger partial charge in [0, 0.05) is 5.39 Å². The number of rotatable bonds is 4. The van der Waals surface area contributed by atoms with E-state index in [-0.39, 0.29) is 5.69 Å². The fourth-order valence-electron chi connectivity index (χ4n) is 2.35. The first-order valence-electron chi connectivity index (χ1n) is 6.57. The smallest absolute Gasteiger partial charge is 0.338 e. The largest absolute Gasteiger partial charge is 0.479 e. The summed E-state index contributed by atoms with van der Waals surface area (Å²) in [6, 6.07) is 17.1. The van der Waals surface area contributed by atoms with Gasteiger partial charge < -0.3 is 10.2 Å². The molecule has 0 saturated carbocycles. The molecule has 1 heterocycles. The van der Waals surface area contributed by atoms with Crippen LogP contribution in [-0.4, -0.2) is 26.0 Å². The topological polar surface area (TPSA) is 75.3 Å². The van der Waals surface area contributed by atoms with Crippen LogP contribution in [0.3, 0.4) is 0 Å². The van der Waals surface area contributed by atoms with Gasteiger partial charge in [-0.3, -0.25) is 4.68 Å². The van der Waals surface area contributed by atoms with Gasteiger partial charge in [0.1, 0.15) is 5.69 Å². The number of aliphatic carboxylic acids is 1. The second-order valence-corrected chi connectivity index (χ2v) is 4.79. The Morgan fingerprint density at radius 2 is 1.76 bits per heavy atom. The Labute approximate surface area is 121 Å². The van der Waals surface area contributed by atoms with Crippen LogP contribution in [0.4, 0.5) is 0 Å². The fourth-order valence-corrected chi connectivity index (χ4v) is 2.35. The van der Waals surface area contributed by atoms with Crippen LogP contribution in [0.15, 0.2) is 54.6 Å². The van der Waals surface area contributed by atoms with Crippen molar-refractivity contribution in [2.45, 2.75) is 12.6 Å². The molecule has 3 rings (SSSR count). The van der Waals surface area contributed by atoms with Crippen LogP contribution in [-0.2, 0) is 11.3 Å². The average Bonchev–Trinajstić information content (AvgIpc) is 2.86. The molecule has 0 aliphatic carbocycles. The summed E-state index contributed by atoms with van der Waals surface area (Å²) in [5, 5.41) is 23.7. The van der Waals surface area contributed by atoms with E-state index in [0.29, 0.717) is 11.9 Å². The van der Waals surface area contributed by atoms with Gasteiger partial charge in [-0.1, -0.05) is 48.5 Å². The molecule has 21 heavy (non-hydrogen) atoms. The standard InChI is InChI=1S/C16H14N2O3/c19-15(16(20)21)14-12-8-4-5-9-13(12)18(17-14)10-11-6-2-1-3-7-11/h1-9,15,19H,10H2,(H,20,21). The van der Waals surface area contributed by atoms with Gasteiger partial charge in [0.05, 0.1) is 12.1 Å². The average molecular weight is 282 g/mol. The molecule has 2 aromatic carbocycles. The molecule has 1 atom stereocenters. The molecule has 3 aromatic rings. The number of hydrogen-bond acceptors (Lipinski definition) is 3. The fraction of sp³-hybridized carbons (Fsp3) is 0.125. The predicted molar refractivity (Wildman–Crippen MR) is 77.9 cm³/mol. The summed E-state index contributed by atoms with van der Waals surface area (Å²) in [5.41, 5.74) is 2.04. The third kappa shape index (κ3) is 2.51. The molecular formula is C16H14N2O3. The van der Waals surface area contributed by atoms with Crippen LogP contribution in [0.1, 0.15) is 17.4 Å². The van der Waals surface area contributed by atoms with Crippen LogP contribution >= 0.6 is 0 Å². The van der Waals surface area contributed by atoms with Crippen LogP contribution in [0.2, 0.25) is 0 Å². The quantitative estimate of drug-likeness (QED) is 0.769. The van der Waals surface area contributed by atoms with Gasteiger partial charge in [0.25, 0.3) is 0 Å². The Hall–Kier alpha value is -2.66. The molecule has 0 aliphatic rings. The van der Waals surface area contributed by atoms with Gasteiger partial charge in [0.2, 0.25) is 0 Å². The number of aliphatic hydroxyl groups is 1. The van der Waals surface area contributed by atoms with Crippen molar-refractivity contribution in [1.82, 2.24) is 9.78 Å². The molecule has 1 unspecified atom stereocenters. The minimum absolute atomic E-state index is 0.175. The van der Waals surface area contributed by atoms with Crippen LogP contribution in [0, 0.1) is 0 Å². The summed E-state index contributed by atoms with van der Waals surface area (Å²) in [7, 11) is 0. The first-order valence-corrected chi connectivity index (χ1v) is 6.57. The Balaban J connectivity index is 2.09. The van der Waals surface area contributed by atoms with Gasteiger partial charge in [-0.05, 0) is 11.6 Å². The van der Waals surface area contributed by atoms with E-state index >= 15 is 0 Å². The molecule has 0 amide bonds. The monoisotopic (exact) mass is 282 g/mol. The number of carbonyl (C=O) groups is 1. The Kier molecular flexibility index (Phi) is 3.41. The van der Waals surface area contributed by atoms with Gasteiger partial charge in [-0.25, -0.2) is 4.79 Å². The molecule has 5 nitrogen and oxygen atoms in total. The summed E-state index contributed by atoms with van der Waals surface area (Å²) < 4.78 is 1.71. The molecule has 0 radical (unpaired) electrons. The molecule has 1 aromatic heterocycles. The van der Waals surface area contributed by atoms with E-state index in [1.807, 2.05) is 42.5 Å². The lowest BCUT2D eigenvalue weighted by Gasteiger charge is -2.03. The lowest BCUT2D eigenvalue weighted by Crippen LogP contribution is -2.12. The lowest BCUT2D eigenvalue weighted by molar-refractivity contribution is -0.147. The maximum absolute atomic E-state index is 11.0. The van der Waals surface area contributed by atoms with E-state index in [9.17, 15) is 9.90 Å². The number of carboxylic acid groups (broad SMARTS) is 1. The van der Waals surface area contributed by atoms with Gasteiger partial charge in [-0.15, -0.1) is 0 Å². The van der Waals surface area contributed by atoms with E-state index in [1.54, 1.807) is 16.8 Å². The second kappa shape index (κ2) is 5.38. The summed E-state index contributed by atoms with van der Waals surface area (Å²) in [5.74, 6) is -1.30. The Bertz CT molecular complexity index is 781. The number of para-hydroxylation sites is 1. The van der Waals surface area contributed by atoms with Crippen molar-refractivity contribution < 1.29 is 15.0 Å². The van der Waals surface area contributed by atoms with E-state index in [2.05, 4.69) is 5.10 Å². The first-order chi connectivity index (χ1) is 10.2. The number of nitrogens with zero attached hydrogens (tertiary/aromatic N) is 2. The summed E-state index contributed by atoms with van der Waals surface area (Å²) >= 11 is 0. The maximum Gasteiger partial charge on any atom is 0.338 e.